The lowest BCUT2D eigenvalue weighted by Crippen LogP contribution is -2.41. The molecule has 0 aliphatic carbocycles. The van der Waals surface area contributed by atoms with E-state index < -0.39 is 0 Å². The monoisotopic (exact) mass is 322 g/mol. The van der Waals surface area contributed by atoms with E-state index in [0.717, 1.165) is 45.5 Å². The number of nitrogens with zero attached hydrogens (tertiary/aromatic N) is 1. The smallest absolute Gasteiger partial charge is 0.223 e. The third kappa shape index (κ3) is 5.92. The molecule has 1 aliphatic heterocycles. The number of amides is 1. The molecule has 1 fully saturated rings. The molecule has 1 aliphatic rings. The first-order valence-electron chi connectivity index (χ1n) is 8.43. The Morgan fingerprint density at radius 3 is 2.78 bits per heavy atom. The summed E-state index contributed by atoms with van der Waals surface area (Å²) in [6.45, 7) is 4.25. The van der Waals surface area contributed by atoms with Crippen LogP contribution in [-0.2, 0) is 16.0 Å². The van der Waals surface area contributed by atoms with Gasteiger partial charge in [-0.1, -0.05) is 18.2 Å². The average molecular weight is 322 g/mol. The molecule has 1 aromatic carbocycles. The minimum absolute atomic E-state index is 0.0919. The lowest BCUT2D eigenvalue weighted by Gasteiger charge is -2.31. The number of hydrogen-bond acceptors (Lipinski definition) is 3. The molecule has 0 saturated carbocycles. The highest BCUT2D eigenvalue weighted by atomic mass is 19.1. The van der Waals surface area contributed by atoms with Crippen LogP contribution >= 0.6 is 0 Å². The highest BCUT2D eigenvalue weighted by molar-refractivity contribution is 5.78. The Balaban J connectivity index is 1.64. The fourth-order valence-electron chi connectivity index (χ4n) is 3.02. The number of benzene rings is 1. The number of rotatable bonds is 8. The zero-order valence-corrected chi connectivity index (χ0v) is 13.9. The number of carbonyl (C=O) groups is 1. The van der Waals surface area contributed by atoms with Crippen LogP contribution in [0.1, 0.15) is 24.8 Å². The van der Waals surface area contributed by atoms with Gasteiger partial charge in [0.05, 0.1) is 0 Å². The quantitative estimate of drug-likeness (QED) is 0.746. The van der Waals surface area contributed by atoms with Gasteiger partial charge in [0.2, 0.25) is 5.91 Å². The summed E-state index contributed by atoms with van der Waals surface area (Å²) in [5.41, 5.74) is 0.653. The van der Waals surface area contributed by atoms with Crippen molar-refractivity contribution in [3.05, 3.63) is 35.6 Å². The Labute approximate surface area is 138 Å². The summed E-state index contributed by atoms with van der Waals surface area (Å²) in [4.78, 5) is 14.6. The average Bonchev–Trinajstić information content (AvgIpc) is 2.57. The maximum atomic E-state index is 13.5. The van der Waals surface area contributed by atoms with E-state index in [0.29, 0.717) is 18.5 Å². The Kier molecular flexibility index (Phi) is 7.49. The predicted molar refractivity (Wildman–Crippen MR) is 88.8 cm³/mol. The molecule has 1 N–H and O–H groups in total. The minimum Gasteiger partial charge on any atom is -0.385 e. The first-order valence-corrected chi connectivity index (χ1v) is 8.43. The van der Waals surface area contributed by atoms with Crippen LogP contribution in [0.2, 0.25) is 0 Å². The summed E-state index contributed by atoms with van der Waals surface area (Å²) in [6.07, 6.45) is 3.38. The van der Waals surface area contributed by atoms with Gasteiger partial charge in [-0.25, -0.2) is 4.39 Å². The van der Waals surface area contributed by atoms with Crippen LogP contribution in [0.5, 0.6) is 0 Å². The Hall–Kier alpha value is -1.46. The number of carbonyl (C=O) groups excluding carboxylic acids is 1. The molecule has 0 aromatic heterocycles. The summed E-state index contributed by atoms with van der Waals surface area (Å²) in [5.74, 6) is -0.00158. The number of likely N-dealkylation sites (tertiary alicyclic amines) is 1. The first-order chi connectivity index (χ1) is 11.2. The third-order valence-electron chi connectivity index (χ3n) is 4.43. The molecule has 5 heteroatoms. The Morgan fingerprint density at radius 1 is 1.35 bits per heavy atom. The van der Waals surface area contributed by atoms with E-state index in [9.17, 15) is 9.18 Å². The number of piperidine rings is 1. The Morgan fingerprint density at radius 2 is 2.09 bits per heavy atom. The highest BCUT2D eigenvalue weighted by Gasteiger charge is 2.24. The molecule has 1 aromatic rings. The van der Waals surface area contributed by atoms with Crippen molar-refractivity contribution in [1.29, 1.82) is 0 Å². The van der Waals surface area contributed by atoms with Crippen LogP contribution in [-0.4, -0.2) is 50.7 Å². The molecule has 0 radical (unpaired) electrons. The second-order valence-electron chi connectivity index (χ2n) is 6.09. The SMILES string of the molecule is COCCCN1CCC(C(=O)NCCc2ccccc2F)CC1. The summed E-state index contributed by atoms with van der Waals surface area (Å²) in [6, 6.07) is 6.72. The lowest BCUT2D eigenvalue weighted by molar-refractivity contribution is -0.126. The lowest BCUT2D eigenvalue weighted by atomic mass is 9.95. The van der Waals surface area contributed by atoms with E-state index in [1.165, 1.54) is 6.07 Å². The van der Waals surface area contributed by atoms with E-state index in [2.05, 4.69) is 10.2 Å². The zero-order chi connectivity index (χ0) is 16.5. The van der Waals surface area contributed by atoms with Crippen molar-refractivity contribution in [2.75, 3.05) is 39.9 Å². The standard InChI is InChI=1S/C18H27FN2O2/c1-23-14-4-11-21-12-8-16(9-13-21)18(22)20-10-7-15-5-2-3-6-17(15)19/h2-3,5-6,16H,4,7-14H2,1H3,(H,20,22). The fraction of sp³-hybridized carbons (Fsp3) is 0.611. The van der Waals surface area contributed by atoms with Gasteiger partial charge in [-0.2, -0.15) is 0 Å². The summed E-state index contributed by atoms with van der Waals surface area (Å²) < 4.78 is 18.6. The number of methoxy groups -OCH3 is 1. The normalized spacial score (nSPS) is 16.4. The second kappa shape index (κ2) is 9.63. The fourth-order valence-corrected chi connectivity index (χ4v) is 3.02. The van der Waals surface area contributed by atoms with E-state index in [-0.39, 0.29) is 17.6 Å². The van der Waals surface area contributed by atoms with Crippen molar-refractivity contribution >= 4 is 5.91 Å². The van der Waals surface area contributed by atoms with Gasteiger partial charge in [0, 0.05) is 32.7 Å². The molecule has 2 rings (SSSR count). The van der Waals surface area contributed by atoms with Crippen LogP contribution in [0, 0.1) is 11.7 Å². The molecule has 0 spiro atoms. The zero-order valence-electron chi connectivity index (χ0n) is 13.9. The molecule has 23 heavy (non-hydrogen) atoms. The van der Waals surface area contributed by atoms with Gasteiger partial charge in [-0.3, -0.25) is 4.79 Å². The largest absolute Gasteiger partial charge is 0.385 e. The van der Waals surface area contributed by atoms with Gasteiger partial charge in [0.15, 0.2) is 0 Å². The van der Waals surface area contributed by atoms with Crippen molar-refractivity contribution in [3.63, 3.8) is 0 Å². The Bertz CT molecular complexity index is 488. The van der Waals surface area contributed by atoms with E-state index in [1.54, 1.807) is 19.2 Å². The maximum Gasteiger partial charge on any atom is 0.223 e. The van der Waals surface area contributed by atoms with Crippen LogP contribution < -0.4 is 5.32 Å². The molecule has 0 bridgehead atoms. The highest BCUT2D eigenvalue weighted by Crippen LogP contribution is 2.17. The number of hydrogen-bond donors (Lipinski definition) is 1. The van der Waals surface area contributed by atoms with E-state index in [4.69, 9.17) is 4.74 Å². The van der Waals surface area contributed by atoms with Crippen molar-refractivity contribution in [3.8, 4) is 0 Å². The number of ether oxygens (including phenoxy) is 1. The van der Waals surface area contributed by atoms with Crippen LogP contribution in [0.25, 0.3) is 0 Å². The number of halogens is 1. The molecular formula is C18H27FN2O2. The van der Waals surface area contributed by atoms with Crippen molar-refractivity contribution < 1.29 is 13.9 Å². The van der Waals surface area contributed by atoms with Gasteiger partial charge >= 0.3 is 0 Å². The molecule has 128 valence electrons. The van der Waals surface area contributed by atoms with Crippen molar-refractivity contribution in [1.82, 2.24) is 10.2 Å². The van der Waals surface area contributed by atoms with Crippen LogP contribution in [0.15, 0.2) is 24.3 Å². The van der Waals surface area contributed by atoms with Gasteiger partial charge in [-0.05, 0) is 50.4 Å². The molecule has 1 amide bonds. The van der Waals surface area contributed by atoms with Crippen molar-refractivity contribution in [2.45, 2.75) is 25.7 Å². The van der Waals surface area contributed by atoms with E-state index >= 15 is 0 Å². The molecule has 4 nitrogen and oxygen atoms in total. The maximum absolute atomic E-state index is 13.5. The number of nitrogens with one attached hydrogen (secondary N) is 1. The molecule has 1 saturated heterocycles. The second-order valence-corrected chi connectivity index (χ2v) is 6.09. The summed E-state index contributed by atoms with van der Waals surface area (Å²) >= 11 is 0. The van der Waals surface area contributed by atoms with Crippen LogP contribution in [0.3, 0.4) is 0 Å². The van der Waals surface area contributed by atoms with Gasteiger partial charge in [0.25, 0.3) is 0 Å². The summed E-state index contributed by atoms with van der Waals surface area (Å²) in [7, 11) is 1.72. The summed E-state index contributed by atoms with van der Waals surface area (Å²) in [5, 5.41) is 2.95. The van der Waals surface area contributed by atoms with Gasteiger partial charge < -0.3 is 15.0 Å². The molecule has 0 unspecified atom stereocenters. The molecular weight excluding hydrogens is 295 g/mol. The molecule has 0 atom stereocenters. The van der Waals surface area contributed by atoms with E-state index in [1.807, 2.05) is 6.07 Å². The predicted octanol–water partition coefficient (Wildman–Crippen LogP) is 2.23. The third-order valence-corrected chi connectivity index (χ3v) is 4.43. The minimum atomic E-state index is -0.203. The molecule has 1 heterocycles. The first kappa shape index (κ1) is 17.9. The van der Waals surface area contributed by atoms with Crippen molar-refractivity contribution in [2.24, 2.45) is 5.92 Å². The van der Waals surface area contributed by atoms with Gasteiger partial charge in [-0.15, -0.1) is 0 Å². The topological polar surface area (TPSA) is 41.6 Å². The van der Waals surface area contributed by atoms with Gasteiger partial charge in [0.1, 0.15) is 5.82 Å². The van der Waals surface area contributed by atoms with Crippen LogP contribution in [0.4, 0.5) is 4.39 Å².